The number of aromatic amines is 1. The van der Waals surface area contributed by atoms with Crippen LogP contribution in [0.2, 0.25) is 0 Å². The number of nitrogens with one attached hydrogen (secondary N) is 2. The molecule has 2 aromatic rings. The van der Waals surface area contributed by atoms with Gasteiger partial charge in [0.15, 0.2) is 0 Å². The van der Waals surface area contributed by atoms with Crippen molar-refractivity contribution in [3.63, 3.8) is 0 Å². The number of amides is 1. The van der Waals surface area contributed by atoms with E-state index < -0.39 is 29.9 Å². The van der Waals surface area contributed by atoms with Crippen LogP contribution in [0.15, 0.2) is 30.5 Å². The summed E-state index contributed by atoms with van der Waals surface area (Å²) in [5.41, 5.74) is 6.99. The topological polar surface area (TPSA) is 146 Å². The Morgan fingerprint density at radius 1 is 1.12 bits per heavy atom. The molecule has 1 aromatic carbocycles. The summed E-state index contributed by atoms with van der Waals surface area (Å²) in [6.45, 7) is 0. The van der Waals surface area contributed by atoms with Crippen molar-refractivity contribution < 1.29 is 24.6 Å². The van der Waals surface area contributed by atoms with Gasteiger partial charge in [-0.1, -0.05) is 18.2 Å². The summed E-state index contributed by atoms with van der Waals surface area (Å²) in [6.07, 6.45) is 1.63. The number of carboxylic acids is 2. The van der Waals surface area contributed by atoms with Crippen molar-refractivity contribution in [2.75, 3.05) is 0 Å². The minimum atomic E-state index is -1.20. The van der Waals surface area contributed by atoms with E-state index in [1.807, 2.05) is 24.3 Å². The maximum absolute atomic E-state index is 11.8. The van der Waals surface area contributed by atoms with Gasteiger partial charge in [0.2, 0.25) is 5.91 Å². The number of benzene rings is 1. The van der Waals surface area contributed by atoms with Crippen LogP contribution in [0.4, 0.5) is 0 Å². The molecular weight excluding hydrogens is 378 g/mol. The van der Waals surface area contributed by atoms with Crippen LogP contribution in [0.1, 0.15) is 18.4 Å². The van der Waals surface area contributed by atoms with E-state index in [4.69, 9.17) is 10.8 Å². The second-order valence-electron chi connectivity index (χ2n) is 5.51. The van der Waals surface area contributed by atoms with E-state index in [9.17, 15) is 19.5 Å². The molecule has 6 N–H and O–H groups in total. The summed E-state index contributed by atoms with van der Waals surface area (Å²) in [5, 5.41) is 21.3. The van der Waals surface area contributed by atoms with Gasteiger partial charge in [-0.2, -0.15) is 27.0 Å². The minimum absolute atomic E-state index is 0. The number of rotatable bonds is 8. The first-order chi connectivity index (χ1) is 11.4. The van der Waals surface area contributed by atoms with Crippen LogP contribution in [-0.2, 0) is 20.8 Å². The summed E-state index contributed by atoms with van der Waals surface area (Å²) in [6, 6.07) is 5.21. The number of carbonyl (C=O) groups excluding carboxylic acids is 1. The molecular formula is C16H23N3O5S2. The summed E-state index contributed by atoms with van der Waals surface area (Å²) in [5.74, 6) is -2.90. The Bertz CT molecular complexity index is 765. The Hall–Kier alpha value is -2.17. The van der Waals surface area contributed by atoms with Crippen molar-refractivity contribution in [1.82, 2.24) is 10.3 Å². The molecule has 0 aliphatic heterocycles. The standard InChI is InChI=1S/C16H19N3O5.2H2S/c17-11(15(21)22)5-6-14(20)19-13(16(23)24)7-9-8-18-12-4-2-1-3-10(9)12;;/h1-4,8,11,13,18H,5-7,17H2,(H,19,20)(H,21,22)(H,23,24);2*1H2/t11-,13-;;/m0../s1. The molecule has 0 bridgehead atoms. The number of carbonyl (C=O) groups is 3. The highest BCUT2D eigenvalue weighted by Crippen LogP contribution is 2.19. The van der Waals surface area contributed by atoms with Crippen molar-refractivity contribution in [2.45, 2.75) is 31.3 Å². The summed E-state index contributed by atoms with van der Waals surface area (Å²) < 4.78 is 0. The number of para-hydroxylation sites is 1. The molecule has 0 saturated carbocycles. The molecule has 10 heteroatoms. The van der Waals surface area contributed by atoms with Gasteiger partial charge in [-0.3, -0.25) is 9.59 Å². The number of carboxylic acid groups (broad SMARTS) is 2. The van der Waals surface area contributed by atoms with Crippen molar-refractivity contribution in [1.29, 1.82) is 0 Å². The molecule has 0 radical (unpaired) electrons. The van der Waals surface area contributed by atoms with Crippen LogP contribution in [-0.4, -0.2) is 45.1 Å². The van der Waals surface area contributed by atoms with E-state index >= 15 is 0 Å². The van der Waals surface area contributed by atoms with Gasteiger partial charge in [-0.05, 0) is 18.1 Å². The summed E-state index contributed by atoms with van der Waals surface area (Å²) in [4.78, 5) is 36.9. The molecule has 1 heterocycles. The van der Waals surface area contributed by atoms with Crippen LogP contribution in [0.25, 0.3) is 10.9 Å². The second kappa shape index (κ2) is 10.7. The Kier molecular flexibility index (Phi) is 9.84. The van der Waals surface area contributed by atoms with Gasteiger partial charge < -0.3 is 26.2 Å². The highest BCUT2D eigenvalue weighted by atomic mass is 32.1. The second-order valence-corrected chi connectivity index (χ2v) is 5.51. The Morgan fingerprint density at radius 3 is 2.38 bits per heavy atom. The van der Waals surface area contributed by atoms with Gasteiger partial charge in [0.25, 0.3) is 0 Å². The largest absolute Gasteiger partial charge is 0.480 e. The average Bonchev–Trinajstić information content (AvgIpc) is 2.95. The maximum atomic E-state index is 11.8. The van der Waals surface area contributed by atoms with Crippen LogP contribution in [0.3, 0.4) is 0 Å². The lowest BCUT2D eigenvalue weighted by atomic mass is 10.0. The third kappa shape index (κ3) is 6.28. The highest BCUT2D eigenvalue weighted by Gasteiger charge is 2.22. The molecule has 8 nitrogen and oxygen atoms in total. The molecule has 2 rings (SSSR count). The van der Waals surface area contributed by atoms with Crippen molar-refractivity contribution in [3.05, 3.63) is 36.0 Å². The van der Waals surface area contributed by atoms with Crippen molar-refractivity contribution >= 4 is 55.7 Å². The molecule has 2 atom stereocenters. The molecule has 0 unspecified atom stereocenters. The first kappa shape index (κ1) is 23.8. The fourth-order valence-electron chi connectivity index (χ4n) is 2.40. The Balaban J connectivity index is 0.00000312. The van der Waals surface area contributed by atoms with Gasteiger partial charge in [0, 0.05) is 29.9 Å². The normalized spacial score (nSPS) is 12.3. The minimum Gasteiger partial charge on any atom is -0.480 e. The molecule has 1 aromatic heterocycles. The van der Waals surface area contributed by atoms with Gasteiger partial charge in [-0.25, -0.2) is 4.79 Å². The number of fused-ring (bicyclic) bond motifs is 1. The molecule has 0 fully saturated rings. The quantitative estimate of drug-likeness (QED) is 0.440. The van der Waals surface area contributed by atoms with Crippen molar-refractivity contribution in [2.24, 2.45) is 5.73 Å². The lowest BCUT2D eigenvalue weighted by Gasteiger charge is -2.15. The SMILES string of the molecule is N[C@@H](CCC(=O)N[C@@H](Cc1c[nH]c2ccccc12)C(=O)O)C(=O)O.S.S. The third-order valence-electron chi connectivity index (χ3n) is 3.73. The first-order valence-electron chi connectivity index (χ1n) is 7.44. The zero-order chi connectivity index (χ0) is 17.7. The first-order valence-corrected chi connectivity index (χ1v) is 7.44. The fraction of sp³-hybridized carbons (Fsp3) is 0.312. The lowest BCUT2D eigenvalue weighted by molar-refractivity contribution is -0.142. The lowest BCUT2D eigenvalue weighted by Crippen LogP contribution is -2.43. The maximum Gasteiger partial charge on any atom is 0.326 e. The molecule has 26 heavy (non-hydrogen) atoms. The zero-order valence-electron chi connectivity index (χ0n) is 13.9. The molecule has 144 valence electrons. The Labute approximate surface area is 164 Å². The van der Waals surface area contributed by atoms with Gasteiger partial charge in [0.1, 0.15) is 12.1 Å². The average molecular weight is 402 g/mol. The number of nitrogens with two attached hydrogens (primary N) is 1. The molecule has 0 spiro atoms. The third-order valence-corrected chi connectivity index (χ3v) is 3.73. The molecule has 0 saturated heterocycles. The number of hydrogen-bond donors (Lipinski definition) is 5. The predicted octanol–water partition coefficient (Wildman–Crippen LogP) is 0.698. The van der Waals surface area contributed by atoms with E-state index in [2.05, 4.69) is 10.3 Å². The van der Waals surface area contributed by atoms with E-state index in [1.165, 1.54) is 0 Å². The predicted molar refractivity (Wildman–Crippen MR) is 107 cm³/mol. The van der Waals surface area contributed by atoms with E-state index in [-0.39, 0.29) is 46.3 Å². The number of hydrogen-bond acceptors (Lipinski definition) is 4. The number of aromatic nitrogens is 1. The zero-order valence-corrected chi connectivity index (χ0v) is 15.9. The van der Waals surface area contributed by atoms with Gasteiger partial charge >= 0.3 is 11.9 Å². The highest BCUT2D eigenvalue weighted by molar-refractivity contribution is 7.59. The molecule has 1 amide bonds. The van der Waals surface area contributed by atoms with E-state index in [1.54, 1.807) is 6.20 Å². The van der Waals surface area contributed by atoms with Crippen molar-refractivity contribution in [3.8, 4) is 0 Å². The fourth-order valence-corrected chi connectivity index (χ4v) is 2.40. The number of H-pyrrole nitrogens is 1. The number of aliphatic carboxylic acids is 2. The van der Waals surface area contributed by atoms with Crippen LogP contribution < -0.4 is 11.1 Å². The monoisotopic (exact) mass is 401 g/mol. The van der Waals surface area contributed by atoms with Crippen LogP contribution >= 0.6 is 27.0 Å². The van der Waals surface area contributed by atoms with Gasteiger partial charge in [-0.15, -0.1) is 0 Å². The van der Waals surface area contributed by atoms with E-state index in [0.717, 1.165) is 16.5 Å². The van der Waals surface area contributed by atoms with Gasteiger partial charge in [0.05, 0.1) is 0 Å². The molecule has 0 aliphatic carbocycles. The summed E-state index contributed by atoms with van der Waals surface area (Å²) in [7, 11) is 0. The summed E-state index contributed by atoms with van der Waals surface area (Å²) >= 11 is 0. The smallest absolute Gasteiger partial charge is 0.326 e. The van der Waals surface area contributed by atoms with Crippen LogP contribution in [0.5, 0.6) is 0 Å². The Morgan fingerprint density at radius 2 is 1.77 bits per heavy atom. The molecule has 0 aliphatic rings. The van der Waals surface area contributed by atoms with E-state index in [0.29, 0.717) is 0 Å². The van der Waals surface area contributed by atoms with Crippen LogP contribution in [0, 0.1) is 0 Å².